The number of hydrogen-bond donors (Lipinski definition) is 2. The second kappa shape index (κ2) is 10.2. The van der Waals surface area contributed by atoms with E-state index in [1.165, 1.54) is 19.2 Å². The van der Waals surface area contributed by atoms with Crippen molar-refractivity contribution in [2.24, 2.45) is 0 Å². The van der Waals surface area contributed by atoms with Crippen LogP contribution in [0.25, 0.3) is 0 Å². The van der Waals surface area contributed by atoms with E-state index in [0.717, 1.165) is 0 Å². The van der Waals surface area contributed by atoms with Crippen molar-refractivity contribution in [2.45, 2.75) is 50.7 Å². The lowest BCUT2D eigenvalue weighted by molar-refractivity contribution is -0.143. The highest BCUT2D eigenvalue weighted by Crippen LogP contribution is 2.21. The van der Waals surface area contributed by atoms with Gasteiger partial charge in [-0.2, -0.15) is 0 Å². The molecule has 2 aromatic carbocycles. The van der Waals surface area contributed by atoms with Crippen molar-refractivity contribution in [3.05, 3.63) is 58.6 Å². The van der Waals surface area contributed by atoms with E-state index < -0.39 is 33.7 Å². The zero-order valence-electron chi connectivity index (χ0n) is 18.6. The fourth-order valence-electron chi connectivity index (χ4n) is 2.80. The topological polar surface area (TPSA) is 111 Å². The summed E-state index contributed by atoms with van der Waals surface area (Å²) in [6.45, 7) is 6.85. The number of carbonyl (C=O) groups excluding carboxylic acids is 2. The molecular weight excluding hydrogens is 456 g/mol. The molecule has 0 aliphatic heterocycles. The molecule has 32 heavy (non-hydrogen) atoms. The molecule has 0 aliphatic rings. The molecule has 0 fully saturated rings. The third-order valence-electron chi connectivity index (χ3n) is 4.32. The summed E-state index contributed by atoms with van der Waals surface area (Å²) in [7, 11) is -2.61. The number of esters is 1. The zero-order valence-corrected chi connectivity index (χ0v) is 20.1. The molecule has 0 aromatic heterocycles. The number of hydrogen-bond acceptors (Lipinski definition) is 6. The van der Waals surface area contributed by atoms with Gasteiger partial charge in [-0.1, -0.05) is 17.7 Å². The van der Waals surface area contributed by atoms with Gasteiger partial charge in [-0.25, -0.2) is 18.0 Å². The number of ether oxygens (including phenoxy) is 2. The third-order valence-corrected chi connectivity index (χ3v) is 5.95. The largest absolute Gasteiger partial charge is 0.467 e. The summed E-state index contributed by atoms with van der Waals surface area (Å²) in [5, 5.41) is 3.00. The van der Waals surface area contributed by atoms with E-state index in [1.807, 2.05) is 0 Å². The molecule has 2 aromatic rings. The van der Waals surface area contributed by atoms with Crippen molar-refractivity contribution in [2.75, 3.05) is 11.8 Å². The van der Waals surface area contributed by atoms with Crippen LogP contribution in [0.15, 0.2) is 47.4 Å². The summed E-state index contributed by atoms with van der Waals surface area (Å²) >= 11 is 5.83. The van der Waals surface area contributed by atoms with Crippen molar-refractivity contribution < 1.29 is 27.5 Å². The van der Waals surface area contributed by atoms with Crippen LogP contribution in [0, 0.1) is 6.92 Å². The normalized spacial score (nSPS) is 12.6. The van der Waals surface area contributed by atoms with Gasteiger partial charge in [-0.05, 0) is 75.2 Å². The van der Waals surface area contributed by atoms with Crippen molar-refractivity contribution in [1.29, 1.82) is 0 Å². The molecular formula is C22H27ClN2O6S. The van der Waals surface area contributed by atoms with Crippen LogP contribution in [-0.4, -0.2) is 39.2 Å². The Bertz CT molecular complexity index is 1080. The Kier molecular flexibility index (Phi) is 8.14. The van der Waals surface area contributed by atoms with Crippen LogP contribution in [0.3, 0.4) is 0 Å². The van der Waals surface area contributed by atoms with Gasteiger partial charge in [0.2, 0.25) is 0 Å². The third kappa shape index (κ3) is 7.42. The molecule has 1 atom stereocenters. The summed E-state index contributed by atoms with van der Waals surface area (Å²) in [6.07, 6.45) is -0.653. The highest BCUT2D eigenvalue weighted by Gasteiger charge is 2.26. The number of rotatable bonds is 7. The summed E-state index contributed by atoms with van der Waals surface area (Å²) in [4.78, 5) is 24.3. The molecule has 0 unspecified atom stereocenters. The van der Waals surface area contributed by atoms with Crippen LogP contribution in [-0.2, 0) is 30.7 Å². The van der Waals surface area contributed by atoms with Crippen LogP contribution in [0.4, 0.5) is 10.5 Å². The zero-order chi connectivity index (χ0) is 24.1. The van der Waals surface area contributed by atoms with E-state index in [2.05, 4.69) is 10.0 Å². The molecule has 10 heteroatoms. The standard InChI is InChI=1S/C22H27ClN2O6S/c1-14-12-18(32(28,29)25-17-9-7-16(23)8-10-17)11-6-15(14)13-19(20(26)30-5)24-21(27)31-22(2,3)4/h6-12,19,25H,13H2,1-5H3,(H,24,27)/t19-/m0/s1. The number of sulfonamides is 1. The second-order valence-electron chi connectivity index (χ2n) is 8.13. The molecule has 0 aliphatic carbocycles. The average molecular weight is 483 g/mol. The lowest BCUT2D eigenvalue weighted by Gasteiger charge is -2.23. The van der Waals surface area contributed by atoms with E-state index in [4.69, 9.17) is 21.1 Å². The molecule has 8 nitrogen and oxygen atoms in total. The highest BCUT2D eigenvalue weighted by atomic mass is 35.5. The number of aryl methyl sites for hydroxylation is 1. The molecule has 0 spiro atoms. The molecule has 1 amide bonds. The molecule has 0 saturated carbocycles. The number of amides is 1. The van der Waals surface area contributed by atoms with E-state index in [1.54, 1.807) is 58.0 Å². The lowest BCUT2D eigenvalue weighted by Crippen LogP contribution is -2.45. The Morgan fingerprint density at radius 2 is 1.72 bits per heavy atom. The number of anilines is 1. The minimum absolute atomic E-state index is 0.0587. The summed E-state index contributed by atoms with van der Waals surface area (Å²) < 4.78 is 37.9. The number of methoxy groups -OCH3 is 1. The predicted molar refractivity (Wildman–Crippen MR) is 122 cm³/mol. The average Bonchev–Trinajstić information content (AvgIpc) is 2.68. The van der Waals surface area contributed by atoms with Crippen molar-refractivity contribution in [3.8, 4) is 0 Å². The minimum Gasteiger partial charge on any atom is -0.467 e. The van der Waals surface area contributed by atoms with Gasteiger partial charge in [0.1, 0.15) is 11.6 Å². The molecule has 0 heterocycles. The number of carbonyl (C=O) groups is 2. The fourth-order valence-corrected chi connectivity index (χ4v) is 4.07. The molecule has 2 rings (SSSR count). The monoisotopic (exact) mass is 482 g/mol. The summed E-state index contributed by atoms with van der Waals surface area (Å²) in [6, 6.07) is 9.81. The Morgan fingerprint density at radius 3 is 2.25 bits per heavy atom. The van der Waals surface area contributed by atoms with Crippen LogP contribution < -0.4 is 10.0 Å². The van der Waals surface area contributed by atoms with E-state index in [0.29, 0.717) is 21.8 Å². The molecule has 2 N–H and O–H groups in total. The van der Waals surface area contributed by atoms with Gasteiger partial charge in [0.05, 0.1) is 12.0 Å². The van der Waals surface area contributed by atoms with Gasteiger partial charge < -0.3 is 14.8 Å². The Balaban J connectivity index is 2.20. The van der Waals surface area contributed by atoms with Gasteiger partial charge in [-0.15, -0.1) is 0 Å². The first kappa shape index (κ1) is 25.5. The number of alkyl carbamates (subject to hydrolysis) is 1. The van der Waals surface area contributed by atoms with Crippen molar-refractivity contribution in [1.82, 2.24) is 5.32 Å². The Morgan fingerprint density at radius 1 is 1.09 bits per heavy atom. The maximum absolute atomic E-state index is 12.7. The maximum atomic E-state index is 12.7. The van der Waals surface area contributed by atoms with Gasteiger partial charge in [0.25, 0.3) is 10.0 Å². The molecule has 174 valence electrons. The summed E-state index contributed by atoms with van der Waals surface area (Å²) in [5.74, 6) is -0.642. The van der Waals surface area contributed by atoms with E-state index in [9.17, 15) is 18.0 Å². The van der Waals surface area contributed by atoms with E-state index in [-0.39, 0.29) is 11.3 Å². The Hall–Kier alpha value is -2.78. The smallest absolute Gasteiger partial charge is 0.408 e. The van der Waals surface area contributed by atoms with Crippen LogP contribution in [0.2, 0.25) is 5.02 Å². The highest BCUT2D eigenvalue weighted by molar-refractivity contribution is 7.92. The van der Waals surface area contributed by atoms with Crippen LogP contribution in [0.1, 0.15) is 31.9 Å². The molecule has 0 saturated heterocycles. The van der Waals surface area contributed by atoms with Crippen molar-refractivity contribution in [3.63, 3.8) is 0 Å². The first-order valence-corrected chi connectivity index (χ1v) is 11.6. The number of benzene rings is 2. The van der Waals surface area contributed by atoms with E-state index >= 15 is 0 Å². The SMILES string of the molecule is COC(=O)[C@H](Cc1ccc(S(=O)(=O)Nc2ccc(Cl)cc2)cc1C)NC(=O)OC(C)(C)C. The van der Waals surface area contributed by atoms with Gasteiger partial charge >= 0.3 is 12.1 Å². The molecule has 0 radical (unpaired) electrons. The lowest BCUT2D eigenvalue weighted by atomic mass is 10.0. The quantitative estimate of drug-likeness (QED) is 0.576. The Labute approximate surface area is 193 Å². The second-order valence-corrected chi connectivity index (χ2v) is 10.2. The first-order chi connectivity index (χ1) is 14.8. The molecule has 0 bridgehead atoms. The first-order valence-electron chi connectivity index (χ1n) is 9.76. The number of halogens is 1. The minimum atomic E-state index is -3.83. The summed E-state index contributed by atoms with van der Waals surface area (Å²) in [5.41, 5.74) is 0.947. The van der Waals surface area contributed by atoms with Crippen molar-refractivity contribution >= 4 is 39.4 Å². The van der Waals surface area contributed by atoms with Gasteiger partial charge in [0.15, 0.2) is 0 Å². The predicted octanol–water partition coefficient (Wildman–Crippen LogP) is 4.06. The van der Waals surface area contributed by atoms with Gasteiger partial charge in [-0.3, -0.25) is 4.72 Å². The van der Waals surface area contributed by atoms with Crippen LogP contribution >= 0.6 is 11.6 Å². The van der Waals surface area contributed by atoms with Crippen LogP contribution in [0.5, 0.6) is 0 Å². The fraction of sp³-hybridized carbons (Fsp3) is 0.364. The van der Waals surface area contributed by atoms with Gasteiger partial charge in [0, 0.05) is 17.1 Å². The number of nitrogens with one attached hydrogen (secondary N) is 2. The maximum Gasteiger partial charge on any atom is 0.408 e.